The predicted molar refractivity (Wildman–Crippen MR) is 125 cm³/mol. The van der Waals surface area contributed by atoms with Crippen molar-refractivity contribution in [2.45, 2.75) is 28.7 Å². The molecule has 1 fully saturated rings. The molecule has 0 amide bonds. The van der Waals surface area contributed by atoms with E-state index in [1.54, 1.807) is 35.4 Å². The van der Waals surface area contributed by atoms with Crippen molar-refractivity contribution in [3.8, 4) is 11.1 Å². The summed E-state index contributed by atoms with van der Waals surface area (Å²) in [4.78, 5) is 2.34. The highest BCUT2D eigenvalue weighted by Gasteiger charge is 2.71. The molecule has 2 aromatic carbocycles. The summed E-state index contributed by atoms with van der Waals surface area (Å²) < 4.78 is 82.1. The number of hydrogen-bond donors (Lipinski definition) is 1. The van der Waals surface area contributed by atoms with E-state index in [2.05, 4.69) is 20.7 Å². The molecule has 1 N–H and O–H groups in total. The number of alkyl halides is 6. The van der Waals surface area contributed by atoms with Gasteiger partial charge in [-0.15, -0.1) is 11.3 Å². The molecule has 2 heterocycles. The molecular formula is C24H22F6N2OS2. The first kappa shape index (κ1) is 26.0. The number of halogens is 6. The van der Waals surface area contributed by atoms with Crippen molar-refractivity contribution in [2.24, 2.45) is 0 Å². The van der Waals surface area contributed by atoms with Crippen LogP contribution in [0, 0.1) is 0 Å². The molecule has 188 valence electrons. The van der Waals surface area contributed by atoms with Crippen LogP contribution < -0.4 is 0 Å². The highest BCUT2D eigenvalue weighted by atomic mass is 32.2. The van der Waals surface area contributed by atoms with E-state index in [0.29, 0.717) is 23.3 Å². The highest BCUT2D eigenvalue weighted by molar-refractivity contribution is 7.98. The molecule has 1 aliphatic rings. The lowest BCUT2D eigenvalue weighted by Crippen LogP contribution is -2.53. The van der Waals surface area contributed by atoms with Crippen LogP contribution in [-0.2, 0) is 12.1 Å². The third-order valence-electron chi connectivity index (χ3n) is 5.86. The van der Waals surface area contributed by atoms with E-state index in [1.165, 1.54) is 4.21 Å². The average molecular weight is 533 g/mol. The fourth-order valence-corrected chi connectivity index (χ4v) is 5.72. The molecule has 1 saturated heterocycles. The van der Waals surface area contributed by atoms with Gasteiger partial charge in [0, 0.05) is 38.3 Å². The molecule has 0 saturated carbocycles. The van der Waals surface area contributed by atoms with E-state index in [0.717, 1.165) is 50.4 Å². The summed E-state index contributed by atoms with van der Waals surface area (Å²) in [5.74, 6) is 0. The van der Waals surface area contributed by atoms with Crippen molar-refractivity contribution >= 4 is 23.3 Å². The molecule has 3 nitrogen and oxygen atoms in total. The van der Waals surface area contributed by atoms with Crippen molar-refractivity contribution in [1.29, 1.82) is 0 Å². The third-order valence-corrected chi connectivity index (χ3v) is 7.98. The standard InChI is InChI=1S/C24H22F6N2OS2/c25-23(26,27)22(33,24(28,29)30)20-9-7-19(8-10-20)18-5-3-17(4-6-18)16-31-11-13-32(14-12-31)35-21-2-1-15-34-21/h1-10,15,33H,11-14,16H2. The number of piperazine rings is 1. The van der Waals surface area contributed by atoms with Gasteiger partial charge in [0.1, 0.15) is 0 Å². The van der Waals surface area contributed by atoms with Gasteiger partial charge in [0.05, 0.1) is 4.21 Å². The molecule has 0 aliphatic carbocycles. The van der Waals surface area contributed by atoms with Crippen molar-refractivity contribution in [1.82, 2.24) is 9.21 Å². The zero-order valence-electron chi connectivity index (χ0n) is 18.3. The Morgan fingerprint density at radius 2 is 1.31 bits per heavy atom. The molecular weight excluding hydrogens is 510 g/mol. The van der Waals surface area contributed by atoms with Crippen molar-refractivity contribution in [3.63, 3.8) is 0 Å². The maximum absolute atomic E-state index is 13.1. The van der Waals surface area contributed by atoms with Crippen LogP contribution in [-0.4, -0.2) is 52.8 Å². The molecule has 0 atom stereocenters. The first-order valence-corrected chi connectivity index (χ1v) is 12.4. The summed E-state index contributed by atoms with van der Waals surface area (Å²) in [5.41, 5.74) is -4.02. The quantitative estimate of drug-likeness (QED) is 0.288. The lowest BCUT2D eigenvalue weighted by molar-refractivity contribution is -0.376. The Hall–Kier alpha value is -2.05. The van der Waals surface area contributed by atoms with Crippen LogP contribution in [0.15, 0.2) is 70.3 Å². The zero-order valence-corrected chi connectivity index (χ0v) is 19.9. The van der Waals surface area contributed by atoms with E-state index >= 15 is 0 Å². The minimum absolute atomic E-state index is 0.450. The largest absolute Gasteiger partial charge is 0.430 e. The molecule has 1 aliphatic heterocycles. The molecule has 0 spiro atoms. The van der Waals surface area contributed by atoms with Gasteiger partial charge < -0.3 is 5.11 Å². The topological polar surface area (TPSA) is 26.7 Å². The molecule has 11 heteroatoms. The van der Waals surface area contributed by atoms with E-state index in [9.17, 15) is 31.4 Å². The first-order chi connectivity index (χ1) is 16.5. The average Bonchev–Trinajstić information content (AvgIpc) is 3.32. The van der Waals surface area contributed by atoms with Crippen LogP contribution in [0.1, 0.15) is 11.1 Å². The Morgan fingerprint density at radius 1 is 0.771 bits per heavy atom. The third kappa shape index (κ3) is 5.69. The summed E-state index contributed by atoms with van der Waals surface area (Å²) in [6, 6.07) is 15.1. The van der Waals surface area contributed by atoms with Crippen molar-refractivity contribution in [3.05, 3.63) is 77.2 Å². The fraction of sp³-hybridized carbons (Fsp3) is 0.333. The van der Waals surface area contributed by atoms with Crippen LogP contribution in [0.25, 0.3) is 11.1 Å². The smallest absolute Gasteiger partial charge is 0.369 e. The number of thiophene rings is 1. The summed E-state index contributed by atoms with van der Waals surface area (Å²) in [6.07, 6.45) is -11.8. The maximum atomic E-state index is 13.1. The van der Waals surface area contributed by atoms with Crippen molar-refractivity contribution < 1.29 is 31.4 Å². The molecule has 35 heavy (non-hydrogen) atoms. The monoisotopic (exact) mass is 532 g/mol. The molecule has 3 aromatic rings. The molecule has 0 unspecified atom stereocenters. The lowest BCUT2D eigenvalue weighted by Gasteiger charge is -2.33. The van der Waals surface area contributed by atoms with Gasteiger partial charge in [-0.25, -0.2) is 4.31 Å². The second-order valence-corrected chi connectivity index (χ2v) is 10.6. The normalized spacial score (nSPS) is 16.5. The highest BCUT2D eigenvalue weighted by Crippen LogP contribution is 2.50. The number of benzene rings is 2. The van der Waals surface area contributed by atoms with Gasteiger partial charge in [-0.3, -0.25) is 4.90 Å². The van der Waals surface area contributed by atoms with Gasteiger partial charge in [0.15, 0.2) is 0 Å². The fourth-order valence-electron chi connectivity index (χ4n) is 3.87. The Labute approximate surface area is 207 Å². The second kappa shape index (κ2) is 10.1. The van der Waals surface area contributed by atoms with Crippen LogP contribution in [0.3, 0.4) is 0 Å². The SMILES string of the molecule is OC(c1ccc(-c2ccc(CN3CCN(Sc4cccs4)CC3)cc2)cc1)(C(F)(F)F)C(F)(F)F. The van der Waals surface area contributed by atoms with Crippen LogP contribution in [0.2, 0.25) is 0 Å². The number of nitrogens with zero attached hydrogens (tertiary/aromatic N) is 2. The molecule has 0 bridgehead atoms. The minimum atomic E-state index is -5.90. The molecule has 0 radical (unpaired) electrons. The zero-order chi connectivity index (χ0) is 25.3. The van der Waals surface area contributed by atoms with Gasteiger partial charge in [0.2, 0.25) is 0 Å². The Morgan fingerprint density at radius 3 is 1.80 bits per heavy atom. The van der Waals surface area contributed by atoms with Gasteiger partial charge in [-0.05, 0) is 40.1 Å². The van der Waals surface area contributed by atoms with Crippen LogP contribution >= 0.6 is 23.3 Å². The summed E-state index contributed by atoms with van der Waals surface area (Å²) in [5, 5.41) is 11.6. The van der Waals surface area contributed by atoms with Gasteiger partial charge in [-0.1, -0.05) is 54.6 Å². The first-order valence-electron chi connectivity index (χ1n) is 10.7. The predicted octanol–water partition coefficient (Wildman–Crippen LogP) is 6.55. The Bertz CT molecular complexity index is 1080. The summed E-state index contributed by atoms with van der Waals surface area (Å²) >= 11 is 3.49. The van der Waals surface area contributed by atoms with E-state index < -0.39 is 23.5 Å². The number of aliphatic hydroxyl groups is 1. The summed E-state index contributed by atoms with van der Waals surface area (Å²) in [7, 11) is 0. The molecule has 4 rings (SSSR count). The lowest BCUT2D eigenvalue weighted by atomic mass is 9.90. The number of hydrogen-bond acceptors (Lipinski definition) is 5. The van der Waals surface area contributed by atoms with Crippen LogP contribution in [0.5, 0.6) is 0 Å². The minimum Gasteiger partial charge on any atom is -0.369 e. The van der Waals surface area contributed by atoms with Gasteiger partial charge in [0.25, 0.3) is 5.60 Å². The van der Waals surface area contributed by atoms with Crippen molar-refractivity contribution in [2.75, 3.05) is 26.2 Å². The number of rotatable bonds is 6. The molecule has 1 aromatic heterocycles. The maximum Gasteiger partial charge on any atom is 0.430 e. The Kier molecular flexibility index (Phi) is 7.54. The van der Waals surface area contributed by atoms with E-state index in [4.69, 9.17) is 0 Å². The van der Waals surface area contributed by atoms with Gasteiger partial charge in [-0.2, -0.15) is 26.3 Å². The van der Waals surface area contributed by atoms with E-state index in [-0.39, 0.29) is 0 Å². The van der Waals surface area contributed by atoms with Gasteiger partial charge >= 0.3 is 12.4 Å². The summed E-state index contributed by atoms with van der Waals surface area (Å²) in [6.45, 7) is 4.47. The van der Waals surface area contributed by atoms with E-state index in [1.807, 2.05) is 18.2 Å². The Balaban J connectivity index is 1.38. The second-order valence-electron chi connectivity index (χ2n) is 8.21. The van der Waals surface area contributed by atoms with Crippen LogP contribution in [0.4, 0.5) is 26.3 Å².